The van der Waals surface area contributed by atoms with Gasteiger partial charge >= 0.3 is 5.97 Å². The monoisotopic (exact) mass is 284 g/mol. The van der Waals surface area contributed by atoms with E-state index >= 15 is 0 Å². The van der Waals surface area contributed by atoms with E-state index in [1.807, 2.05) is 13.8 Å². The average molecular weight is 285 g/mol. The number of halogens is 1. The van der Waals surface area contributed by atoms with Crippen LogP contribution in [0.2, 0.25) is 5.02 Å². The van der Waals surface area contributed by atoms with Gasteiger partial charge in [-0.1, -0.05) is 25.4 Å². The van der Waals surface area contributed by atoms with Gasteiger partial charge in [0.15, 0.2) is 0 Å². The molecular formula is C13H17ClN2O3. The zero-order chi connectivity index (χ0) is 14.4. The lowest BCUT2D eigenvalue weighted by Crippen LogP contribution is -2.36. The van der Waals surface area contributed by atoms with Gasteiger partial charge in [0.2, 0.25) is 0 Å². The number of carboxylic acid groups (broad SMARTS) is 1. The lowest BCUT2D eigenvalue weighted by atomic mass is 10.1. The van der Waals surface area contributed by atoms with Crippen LogP contribution in [0, 0.1) is 5.92 Å². The number of carbonyl (C=O) groups is 2. The Kier molecular flexibility index (Phi) is 5.76. The standard InChI is InChI=1S/C13H17ClN2O3/c1-9(2)8-16(6-4-12(17)18)13(19)10-3-5-15-7-11(10)14/h3,5,7,9H,4,6,8H2,1-2H3,(H,17,18). The number of aromatic nitrogens is 1. The molecule has 0 aliphatic rings. The molecule has 1 aromatic rings. The molecule has 0 aliphatic heterocycles. The number of aliphatic carboxylic acids is 1. The smallest absolute Gasteiger partial charge is 0.305 e. The molecule has 1 amide bonds. The van der Waals surface area contributed by atoms with Gasteiger partial charge in [-0.2, -0.15) is 0 Å². The number of carboxylic acids is 1. The first kappa shape index (κ1) is 15.4. The van der Waals surface area contributed by atoms with Crippen molar-refractivity contribution in [1.82, 2.24) is 9.88 Å². The van der Waals surface area contributed by atoms with Crippen LogP contribution in [0.25, 0.3) is 0 Å². The van der Waals surface area contributed by atoms with Crippen molar-refractivity contribution in [3.63, 3.8) is 0 Å². The quantitative estimate of drug-likeness (QED) is 0.870. The SMILES string of the molecule is CC(C)CN(CCC(=O)O)C(=O)c1ccncc1Cl. The van der Waals surface area contributed by atoms with Crippen LogP contribution in [0.4, 0.5) is 0 Å². The van der Waals surface area contributed by atoms with Crippen LogP contribution in [0.15, 0.2) is 18.5 Å². The number of pyridine rings is 1. The van der Waals surface area contributed by atoms with Crippen molar-refractivity contribution in [2.24, 2.45) is 5.92 Å². The average Bonchev–Trinajstić information content (AvgIpc) is 2.33. The van der Waals surface area contributed by atoms with Gasteiger partial charge in [0.25, 0.3) is 5.91 Å². The molecule has 104 valence electrons. The Hall–Kier alpha value is -1.62. The van der Waals surface area contributed by atoms with E-state index in [1.54, 1.807) is 6.07 Å². The van der Waals surface area contributed by atoms with Crippen LogP contribution in [0.3, 0.4) is 0 Å². The van der Waals surface area contributed by atoms with Crippen molar-refractivity contribution < 1.29 is 14.7 Å². The Morgan fingerprint density at radius 2 is 2.16 bits per heavy atom. The summed E-state index contributed by atoms with van der Waals surface area (Å²) in [6, 6.07) is 1.54. The van der Waals surface area contributed by atoms with Gasteiger partial charge in [0.05, 0.1) is 17.0 Å². The van der Waals surface area contributed by atoms with Gasteiger partial charge in [0.1, 0.15) is 0 Å². The Morgan fingerprint density at radius 1 is 1.47 bits per heavy atom. The summed E-state index contributed by atoms with van der Waals surface area (Å²) in [5.74, 6) is -0.942. The van der Waals surface area contributed by atoms with Crippen molar-refractivity contribution in [3.05, 3.63) is 29.0 Å². The highest BCUT2D eigenvalue weighted by Crippen LogP contribution is 2.16. The maximum Gasteiger partial charge on any atom is 0.305 e. The maximum atomic E-state index is 12.3. The second kappa shape index (κ2) is 7.09. The van der Waals surface area contributed by atoms with Gasteiger partial charge in [-0.3, -0.25) is 14.6 Å². The fraction of sp³-hybridized carbons (Fsp3) is 0.462. The van der Waals surface area contributed by atoms with Gasteiger partial charge in [-0.15, -0.1) is 0 Å². The summed E-state index contributed by atoms with van der Waals surface area (Å²) in [6.45, 7) is 4.60. The zero-order valence-corrected chi connectivity index (χ0v) is 11.7. The molecule has 0 aliphatic carbocycles. The summed E-state index contributed by atoms with van der Waals surface area (Å²) in [7, 11) is 0. The van der Waals surface area contributed by atoms with E-state index < -0.39 is 5.97 Å². The Morgan fingerprint density at radius 3 is 2.68 bits per heavy atom. The molecule has 1 heterocycles. The van der Waals surface area contributed by atoms with Crippen molar-refractivity contribution in [1.29, 1.82) is 0 Å². The summed E-state index contributed by atoms with van der Waals surface area (Å²) in [6.07, 6.45) is 2.81. The molecule has 0 saturated heterocycles. The molecule has 1 N–H and O–H groups in total. The summed E-state index contributed by atoms with van der Waals surface area (Å²) in [5.41, 5.74) is 0.350. The Labute approximate surface area is 117 Å². The summed E-state index contributed by atoms with van der Waals surface area (Å²) >= 11 is 5.94. The Bertz CT molecular complexity index is 463. The van der Waals surface area contributed by atoms with E-state index in [0.29, 0.717) is 12.1 Å². The molecule has 0 aromatic carbocycles. The van der Waals surface area contributed by atoms with Crippen molar-refractivity contribution in [3.8, 4) is 0 Å². The first-order chi connectivity index (χ1) is 8.91. The highest BCUT2D eigenvalue weighted by Gasteiger charge is 2.19. The van der Waals surface area contributed by atoms with Gasteiger partial charge in [0, 0.05) is 25.5 Å². The van der Waals surface area contributed by atoms with E-state index in [0.717, 1.165) is 0 Å². The minimum Gasteiger partial charge on any atom is -0.481 e. The number of hydrogen-bond donors (Lipinski definition) is 1. The number of rotatable bonds is 6. The van der Waals surface area contributed by atoms with Crippen LogP contribution >= 0.6 is 11.6 Å². The summed E-state index contributed by atoms with van der Waals surface area (Å²) in [5, 5.41) is 9.00. The fourth-order valence-corrected chi connectivity index (χ4v) is 1.87. The van der Waals surface area contributed by atoms with Crippen LogP contribution in [-0.2, 0) is 4.79 Å². The van der Waals surface area contributed by atoms with Crippen LogP contribution in [0.5, 0.6) is 0 Å². The molecular weight excluding hydrogens is 268 g/mol. The molecule has 0 radical (unpaired) electrons. The highest BCUT2D eigenvalue weighted by atomic mass is 35.5. The minimum atomic E-state index is -0.928. The third-order valence-corrected chi connectivity index (χ3v) is 2.77. The molecule has 0 unspecified atom stereocenters. The minimum absolute atomic E-state index is 0.0822. The van der Waals surface area contributed by atoms with E-state index in [9.17, 15) is 9.59 Å². The summed E-state index contributed by atoms with van der Waals surface area (Å²) < 4.78 is 0. The largest absolute Gasteiger partial charge is 0.481 e. The topological polar surface area (TPSA) is 70.5 Å². The van der Waals surface area contributed by atoms with Crippen LogP contribution in [-0.4, -0.2) is 40.0 Å². The predicted octanol–water partition coefficient (Wildman–Crippen LogP) is 2.31. The van der Waals surface area contributed by atoms with E-state index in [4.69, 9.17) is 16.7 Å². The zero-order valence-electron chi connectivity index (χ0n) is 11.0. The lowest BCUT2D eigenvalue weighted by molar-refractivity contribution is -0.137. The molecule has 5 nitrogen and oxygen atoms in total. The van der Waals surface area contributed by atoms with E-state index in [-0.39, 0.29) is 29.8 Å². The number of nitrogens with zero attached hydrogens (tertiary/aromatic N) is 2. The normalized spacial score (nSPS) is 10.5. The molecule has 19 heavy (non-hydrogen) atoms. The maximum absolute atomic E-state index is 12.3. The van der Waals surface area contributed by atoms with Crippen molar-refractivity contribution in [2.75, 3.05) is 13.1 Å². The second-order valence-electron chi connectivity index (χ2n) is 4.64. The van der Waals surface area contributed by atoms with Gasteiger partial charge in [-0.05, 0) is 12.0 Å². The predicted molar refractivity (Wildman–Crippen MR) is 72.2 cm³/mol. The molecule has 0 saturated carbocycles. The van der Waals surface area contributed by atoms with E-state index in [2.05, 4.69) is 4.98 Å². The molecule has 0 bridgehead atoms. The third-order valence-electron chi connectivity index (χ3n) is 2.47. The fourth-order valence-electron chi connectivity index (χ4n) is 1.67. The second-order valence-corrected chi connectivity index (χ2v) is 5.05. The third kappa shape index (κ3) is 4.87. The first-order valence-electron chi connectivity index (χ1n) is 6.02. The number of hydrogen-bond acceptors (Lipinski definition) is 3. The van der Waals surface area contributed by atoms with E-state index in [1.165, 1.54) is 17.3 Å². The molecule has 0 fully saturated rings. The van der Waals surface area contributed by atoms with Crippen molar-refractivity contribution in [2.45, 2.75) is 20.3 Å². The lowest BCUT2D eigenvalue weighted by Gasteiger charge is -2.24. The summed E-state index contributed by atoms with van der Waals surface area (Å²) in [4.78, 5) is 28.3. The number of amides is 1. The van der Waals surface area contributed by atoms with Crippen LogP contribution < -0.4 is 0 Å². The molecule has 0 spiro atoms. The molecule has 6 heteroatoms. The van der Waals surface area contributed by atoms with Gasteiger partial charge < -0.3 is 10.0 Å². The number of carbonyl (C=O) groups excluding carboxylic acids is 1. The van der Waals surface area contributed by atoms with Crippen LogP contribution in [0.1, 0.15) is 30.6 Å². The van der Waals surface area contributed by atoms with Gasteiger partial charge in [-0.25, -0.2) is 0 Å². The highest BCUT2D eigenvalue weighted by molar-refractivity contribution is 6.33. The molecule has 0 atom stereocenters. The van der Waals surface area contributed by atoms with Crippen molar-refractivity contribution >= 4 is 23.5 Å². The Balaban J connectivity index is 2.87. The first-order valence-corrected chi connectivity index (χ1v) is 6.40. The molecule has 1 aromatic heterocycles. The molecule has 1 rings (SSSR count).